The van der Waals surface area contributed by atoms with Crippen molar-refractivity contribution in [2.24, 2.45) is 0 Å². The van der Waals surface area contributed by atoms with Crippen LogP contribution in [0.1, 0.15) is 31.2 Å². The number of hydrogen-bond acceptors (Lipinski definition) is 0. The van der Waals surface area contributed by atoms with Gasteiger partial charge in [-0.15, -0.1) is 0 Å². The van der Waals surface area contributed by atoms with Crippen LogP contribution in [0.5, 0.6) is 0 Å². The van der Waals surface area contributed by atoms with Gasteiger partial charge >= 0.3 is 23.1 Å². The van der Waals surface area contributed by atoms with Crippen molar-refractivity contribution >= 4 is 33.8 Å². The third-order valence-corrected chi connectivity index (χ3v) is 3.03. The fourth-order valence-corrected chi connectivity index (χ4v) is 2.08. The summed E-state index contributed by atoms with van der Waals surface area (Å²) in [5.41, 5.74) is 1.46. The SMILES string of the molecule is [CH2]CCCCCc1ccc2ccccc2c1.[MgH2]. The number of hydrogen-bond donors (Lipinski definition) is 0. The summed E-state index contributed by atoms with van der Waals surface area (Å²) in [4.78, 5) is 0. The molecule has 0 aliphatic rings. The minimum Gasteiger partial charge on any atom is -0.0616 e. The van der Waals surface area contributed by atoms with Crippen molar-refractivity contribution in [1.82, 2.24) is 0 Å². The maximum Gasteiger partial charge on any atom is 0.316 e. The summed E-state index contributed by atoms with van der Waals surface area (Å²) in [6.45, 7) is 3.87. The summed E-state index contributed by atoms with van der Waals surface area (Å²) >= 11 is 0. The van der Waals surface area contributed by atoms with E-state index in [0.29, 0.717) is 0 Å². The normalized spacial score (nSPS) is 10.2. The Morgan fingerprint density at radius 1 is 0.824 bits per heavy atom. The Balaban J connectivity index is 0.00000144. The van der Waals surface area contributed by atoms with Crippen molar-refractivity contribution in [3.05, 3.63) is 55.0 Å². The summed E-state index contributed by atoms with van der Waals surface area (Å²) in [5.74, 6) is 0. The van der Waals surface area contributed by atoms with E-state index in [1.165, 1.54) is 42.0 Å². The molecule has 0 heterocycles. The molecule has 0 saturated carbocycles. The molecule has 0 bridgehead atoms. The Morgan fingerprint density at radius 2 is 1.59 bits per heavy atom. The van der Waals surface area contributed by atoms with Gasteiger partial charge in [0, 0.05) is 0 Å². The molecule has 17 heavy (non-hydrogen) atoms. The standard InChI is InChI=1S/C16H19.Mg.2H/c1-2-3-4-5-8-14-11-12-15-9-6-7-10-16(15)13-14;;;/h6-7,9-13H,1-5,8H2;;;. The van der Waals surface area contributed by atoms with E-state index >= 15 is 0 Å². The third kappa shape index (κ3) is 4.32. The molecule has 0 aliphatic heterocycles. The van der Waals surface area contributed by atoms with Crippen LogP contribution in [0.15, 0.2) is 42.5 Å². The van der Waals surface area contributed by atoms with Gasteiger partial charge in [-0.2, -0.15) is 0 Å². The van der Waals surface area contributed by atoms with Gasteiger partial charge in [0.15, 0.2) is 0 Å². The largest absolute Gasteiger partial charge is 0.316 e. The van der Waals surface area contributed by atoms with Gasteiger partial charge in [0.2, 0.25) is 0 Å². The second-order valence-electron chi connectivity index (χ2n) is 4.35. The average molecular weight is 238 g/mol. The van der Waals surface area contributed by atoms with Crippen LogP contribution in [0.3, 0.4) is 0 Å². The summed E-state index contributed by atoms with van der Waals surface area (Å²) in [6.07, 6.45) is 6.11. The molecule has 0 atom stereocenters. The first-order valence-electron chi connectivity index (χ1n) is 6.17. The van der Waals surface area contributed by atoms with Crippen molar-refractivity contribution in [3.63, 3.8) is 0 Å². The number of fused-ring (bicyclic) bond motifs is 1. The highest BCUT2D eigenvalue weighted by atomic mass is 24.3. The molecule has 2 aromatic carbocycles. The lowest BCUT2D eigenvalue weighted by atomic mass is 10.0. The molecule has 0 nitrogen and oxygen atoms in total. The Hall–Kier alpha value is -0.534. The lowest BCUT2D eigenvalue weighted by molar-refractivity contribution is 0.686. The van der Waals surface area contributed by atoms with Crippen LogP contribution in [0, 0.1) is 6.92 Å². The number of aryl methyl sites for hydroxylation is 1. The van der Waals surface area contributed by atoms with Crippen LogP contribution < -0.4 is 0 Å². The molecular weight excluding hydrogens is 216 g/mol. The quantitative estimate of drug-likeness (QED) is 0.547. The van der Waals surface area contributed by atoms with E-state index in [0.717, 1.165) is 6.42 Å². The van der Waals surface area contributed by atoms with E-state index in [4.69, 9.17) is 0 Å². The molecule has 1 radical (unpaired) electrons. The van der Waals surface area contributed by atoms with E-state index in [2.05, 4.69) is 49.4 Å². The zero-order valence-electron chi connectivity index (χ0n) is 9.78. The molecule has 1 heteroatoms. The maximum absolute atomic E-state index is 3.87. The molecule has 0 spiro atoms. The Bertz CT molecular complexity index is 448. The molecule has 0 unspecified atom stereocenters. The Morgan fingerprint density at radius 3 is 2.35 bits per heavy atom. The van der Waals surface area contributed by atoms with Crippen molar-refractivity contribution < 1.29 is 0 Å². The fourth-order valence-electron chi connectivity index (χ4n) is 2.08. The monoisotopic (exact) mass is 237 g/mol. The van der Waals surface area contributed by atoms with Crippen molar-refractivity contribution in [3.8, 4) is 0 Å². The predicted molar refractivity (Wildman–Crippen MR) is 80.0 cm³/mol. The van der Waals surface area contributed by atoms with Crippen LogP contribution in [-0.4, -0.2) is 23.1 Å². The van der Waals surface area contributed by atoms with Crippen LogP contribution in [0.2, 0.25) is 0 Å². The van der Waals surface area contributed by atoms with Gasteiger partial charge < -0.3 is 0 Å². The molecule has 0 saturated heterocycles. The first-order valence-corrected chi connectivity index (χ1v) is 6.17. The summed E-state index contributed by atoms with van der Waals surface area (Å²) < 4.78 is 0. The van der Waals surface area contributed by atoms with Crippen LogP contribution in [-0.2, 0) is 6.42 Å². The third-order valence-electron chi connectivity index (χ3n) is 3.03. The molecule has 0 aliphatic carbocycles. The second kappa shape index (κ2) is 7.73. The highest BCUT2D eigenvalue weighted by Crippen LogP contribution is 2.17. The minimum absolute atomic E-state index is 0. The second-order valence-corrected chi connectivity index (χ2v) is 4.35. The fraction of sp³-hybridized carbons (Fsp3) is 0.312. The molecule has 0 amide bonds. The lowest BCUT2D eigenvalue weighted by Gasteiger charge is -2.03. The molecular formula is C16H21Mg. The van der Waals surface area contributed by atoms with Gasteiger partial charge in [-0.3, -0.25) is 0 Å². The maximum atomic E-state index is 3.87. The van der Waals surface area contributed by atoms with Gasteiger partial charge in [0.05, 0.1) is 0 Å². The highest BCUT2D eigenvalue weighted by molar-refractivity contribution is 5.82. The van der Waals surface area contributed by atoms with Crippen LogP contribution in [0.25, 0.3) is 10.8 Å². The summed E-state index contributed by atoms with van der Waals surface area (Å²) in [6, 6.07) is 15.4. The van der Waals surface area contributed by atoms with E-state index in [1.54, 1.807) is 0 Å². The summed E-state index contributed by atoms with van der Waals surface area (Å²) in [5, 5.41) is 2.70. The average Bonchev–Trinajstić information content (AvgIpc) is 2.34. The van der Waals surface area contributed by atoms with Gasteiger partial charge in [-0.25, -0.2) is 0 Å². The number of rotatable bonds is 5. The Kier molecular flexibility index (Phi) is 6.60. The van der Waals surface area contributed by atoms with E-state index < -0.39 is 0 Å². The van der Waals surface area contributed by atoms with Crippen molar-refractivity contribution in [2.45, 2.75) is 32.1 Å². The van der Waals surface area contributed by atoms with E-state index in [1.807, 2.05) is 0 Å². The Labute approximate surface area is 121 Å². The van der Waals surface area contributed by atoms with Crippen molar-refractivity contribution in [2.75, 3.05) is 0 Å². The molecule has 0 fully saturated rings. The first kappa shape index (κ1) is 14.5. The van der Waals surface area contributed by atoms with Gasteiger partial charge in [0.25, 0.3) is 0 Å². The van der Waals surface area contributed by atoms with Gasteiger partial charge in [0.1, 0.15) is 0 Å². The first-order chi connectivity index (χ1) is 7.90. The van der Waals surface area contributed by atoms with E-state index in [-0.39, 0.29) is 23.1 Å². The molecule has 87 valence electrons. The van der Waals surface area contributed by atoms with Gasteiger partial charge in [-0.05, 0) is 29.2 Å². The van der Waals surface area contributed by atoms with Crippen LogP contribution >= 0.6 is 0 Å². The number of unbranched alkanes of at least 4 members (excludes halogenated alkanes) is 3. The lowest BCUT2D eigenvalue weighted by Crippen LogP contribution is -1.86. The molecule has 0 N–H and O–H groups in total. The zero-order chi connectivity index (χ0) is 11.2. The highest BCUT2D eigenvalue weighted by Gasteiger charge is 1.96. The molecule has 2 aromatic rings. The predicted octanol–water partition coefficient (Wildman–Crippen LogP) is 3.86. The smallest absolute Gasteiger partial charge is 0.0616 e. The zero-order valence-corrected chi connectivity index (χ0v) is 9.78. The molecule has 2 rings (SSSR count). The molecule has 0 aromatic heterocycles. The van der Waals surface area contributed by atoms with Crippen LogP contribution in [0.4, 0.5) is 0 Å². The topological polar surface area (TPSA) is 0 Å². The van der Waals surface area contributed by atoms with Gasteiger partial charge in [-0.1, -0.05) is 68.7 Å². The minimum atomic E-state index is 0. The van der Waals surface area contributed by atoms with Crippen molar-refractivity contribution in [1.29, 1.82) is 0 Å². The van der Waals surface area contributed by atoms with E-state index in [9.17, 15) is 0 Å². The summed E-state index contributed by atoms with van der Waals surface area (Å²) in [7, 11) is 0. The number of benzene rings is 2.